The number of carbonyl (C=O) groups excluding carboxylic acids is 2. The van der Waals surface area contributed by atoms with Crippen LogP contribution in [-0.4, -0.2) is 33.6 Å². The number of urea groups is 1. The lowest BCUT2D eigenvalue weighted by molar-refractivity contribution is -0.133. The number of fused-ring (bicyclic) bond motifs is 2. The van der Waals surface area contributed by atoms with Crippen LogP contribution < -0.4 is 10.1 Å². The fraction of sp³-hybridized carbons (Fsp3) is 0.333. The standard InChI is InChI=1S/C15H14N4O4/c1-9-16-12(23-18-9)8-19-13(20)15(17-14(19)21)6-7-22-11-5-3-2-4-10(11)15/h2-5H,6-8H2,1H3,(H,17,21). The number of hydrogen-bond donors (Lipinski definition) is 1. The van der Waals surface area contributed by atoms with Crippen LogP contribution in [0.2, 0.25) is 0 Å². The molecule has 1 aromatic heterocycles. The number of aromatic nitrogens is 2. The molecule has 0 radical (unpaired) electrons. The van der Waals surface area contributed by atoms with Gasteiger partial charge in [0.15, 0.2) is 11.4 Å². The molecule has 3 amide bonds. The van der Waals surface area contributed by atoms with Crippen LogP contribution in [-0.2, 0) is 16.9 Å². The monoisotopic (exact) mass is 314 g/mol. The number of carbonyl (C=O) groups is 2. The van der Waals surface area contributed by atoms with Gasteiger partial charge in [0.2, 0.25) is 5.89 Å². The Kier molecular flexibility index (Phi) is 2.87. The van der Waals surface area contributed by atoms with Gasteiger partial charge in [-0.2, -0.15) is 4.98 Å². The predicted octanol–water partition coefficient (Wildman–Crippen LogP) is 1.11. The van der Waals surface area contributed by atoms with Crippen molar-refractivity contribution in [1.82, 2.24) is 20.4 Å². The summed E-state index contributed by atoms with van der Waals surface area (Å²) in [4.78, 5) is 30.5. The maximum atomic E-state index is 13.0. The van der Waals surface area contributed by atoms with Gasteiger partial charge in [-0.05, 0) is 13.0 Å². The van der Waals surface area contributed by atoms with Crippen molar-refractivity contribution < 1.29 is 18.8 Å². The fourth-order valence-corrected chi connectivity index (χ4v) is 3.06. The van der Waals surface area contributed by atoms with Crippen molar-refractivity contribution in [3.8, 4) is 5.75 Å². The molecule has 0 bridgehead atoms. The number of hydrogen-bond acceptors (Lipinski definition) is 6. The van der Waals surface area contributed by atoms with Crippen molar-refractivity contribution in [2.45, 2.75) is 25.4 Å². The van der Waals surface area contributed by atoms with E-state index in [1.54, 1.807) is 19.1 Å². The van der Waals surface area contributed by atoms with Crippen molar-refractivity contribution in [1.29, 1.82) is 0 Å². The van der Waals surface area contributed by atoms with E-state index in [4.69, 9.17) is 9.26 Å². The molecule has 0 saturated carbocycles. The molecule has 2 aromatic rings. The minimum atomic E-state index is -1.08. The van der Waals surface area contributed by atoms with Crippen molar-refractivity contribution in [3.05, 3.63) is 41.5 Å². The third kappa shape index (κ3) is 1.98. The van der Waals surface area contributed by atoms with Crippen LogP contribution in [0.15, 0.2) is 28.8 Å². The maximum Gasteiger partial charge on any atom is 0.325 e. The quantitative estimate of drug-likeness (QED) is 0.834. The Bertz CT molecular complexity index is 802. The minimum Gasteiger partial charge on any atom is -0.493 e. The van der Waals surface area contributed by atoms with Gasteiger partial charge in [0.05, 0.1) is 6.61 Å². The van der Waals surface area contributed by atoms with E-state index in [0.29, 0.717) is 30.2 Å². The third-order valence-corrected chi connectivity index (χ3v) is 4.12. The number of para-hydroxylation sites is 1. The summed E-state index contributed by atoms with van der Waals surface area (Å²) in [5.41, 5.74) is -0.408. The van der Waals surface area contributed by atoms with E-state index in [9.17, 15) is 9.59 Å². The Labute approximate surface area is 131 Å². The van der Waals surface area contributed by atoms with E-state index in [0.717, 1.165) is 4.90 Å². The summed E-state index contributed by atoms with van der Waals surface area (Å²) in [7, 11) is 0. The van der Waals surface area contributed by atoms with Gasteiger partial charge in [-0.25, -0.2) is 4.79 Å². The lowest BCUT2D eigenvalue weighted by Crippen LogP contribution is -2.47. The summed E-state index contributed by atoms with van der Waals surface area (Å²) < 4.78 is 10.6. The Morgan fingerprint density at radius 3 is 2.96 bits per heavy atom. The van der Waals surface area contributed by atoms with Crippen LogP contribution in [0.25, 0.3) is 0 Å². The normalized spacial score (nSPS) is 22.9. The van der Waals surface area contributed by atoms with Gasteiger partial charge in [-0.1, -0.05) is 23.4 Å². The van der Waals surface area contributed by atoms with E-state index in [1.807, 2.05) is 12.1 Å². The SMILES string of the molecule is Cc1noc(CN2C(=O)NC3(CCOc4ccccc43)C2=O)n1. The van der Waals surface area contributed by atoms with E-state index in [2.05, 4.69) is 15.5 Å². The highest BCUT2D eigenvalue weighted by molar-refractivity contribution is 6.07. The number of rotatable bonds is 2. The summed E-state index contributed by atoms with van der Waals surface area (Å²) in [6.07, 6.45) is 0.383. The van der Waals surface area contributed by atoms with Crippen LogP contribution in [0.5, 0.6) is 5.75 Å². The van der Waals surface area contributed by atoms with Crippen molar-refractivity contribution in [2.75, 3.05) is 6.61 Å². The number of aryl methyl sites for hydroxylation is 1. The number of nitrogens with one attached hydrogen (secondary N) is 1. The summed E-state index contributed by atoms with van der Waals surface area (Å²) in [5.74, 6) is 0.971. The molecule has 2 aliphatic rings. The van der Waals surface area contributed by atoms with Gasteiger partial charge in [0.25, 0.3) is 5.91 Å². The third-order valence-electron chi connectivity index (χ3n) is 4.12. The second-order valence-corrected chi connectivity index (χ2v) is 5.56. The van der Waals surface area contributed by atoms with Gasteiger partial charge < -0.3 is 14.6 Å². The topological polar surface area (TPSA) is 97.6 Å². The Morgan fingerprint density at radius 2 is 2.17 bits per heavy atom. The van der Waals surface area contributed by atoms with Crippen LogP contribution in [0, 0.1) is 6.92 Å². The van der Waals surface area contributed by atoms with Crippen LogP contribution in [0.4, 0.5) is 4.79 Å². The number of benzene rings is 1. The van der Waals surface area contributed by atoms with Crippen molar-refractivity contribution in [2.24, 2.45) is 0 Å². The summed E-state index contributed by atoms with van der Waals surface area (Å²) in [5, 5.41) is 6.49. The first-order valence-corrected chi connectivity index (χ1v) is 7.26. The molecule has 8 heteroatoms. The lowest BCUT2D eigenvalue weighted by atomic mass is 9.84. The fourth-order valence-electron chi connectivity index (χ4n) is 3.06. The molecule has 1 unspecified atom stereocenters. The molecule has 0 aliphatic carbocycles. The molecular weight excluding hydrogens is 300 g/mol. The first-order valence-electron chi connectivity index (χ1n) is 7.26. The Balaban J connectivity index is 1.70. The van der Waals surface area contributed by atoms with E-state index in [-0.39, 0.29) is 18.3 Å². The molecule has 8 nitrogen and oxygen atoms in total. The molecule has 118 valence electrons. The number of ether oxygens (including phenoxy) is 1. The average Bonchev–Trinajstić information content (AvgIpc) is 3.06. The second-order valence-electron chi connectivity index (χ2n) is 5.56. The zero-order valence-corrected chi connectivity index (χ0v) is 12.4. The van der Waals surface area contributed by atoms with Gasteiger partial charge in [0, 0.05) is 12.0 Å². The Morgan fingerprint density at radius 1 is 1.35 bits per heavy atom. The number of nitrogens with zero attached hydrogens (tertiary/aromatic N) is 3. The zero-order valence-electron chi connectivity index (χ0n) is 12.4. The van der Waals surface area contributed by atoms with Crippen molar-refractivity contribution >= 4 is 11.9 Å². The first-order chi connectivity index (χ1) is 11.1. The lowest BCUT2D eigenvalue weighted by Gasteiger charge is -2.33. The van der Waals surface area contributed by atoms with Gasteiger partial charge in [-0.15, -0.1) is 0 Å². The first kappa shape index (κ1) is 13.7. The summed E-state index contributed by atoms with van der Waals surface area (Å²) in [6, 6.07) is 6.77. The van der Waals surface area contributed by atoms with Gasteiger partial charge >= 0.3 is 6.03 Å². The van der Waals surface area contributed by atoms with Crippen molar-refractivity contribution in [3.63, 3.8) is 0 Å². The number of amides is 3. The largest absolute Gasteiger partial charge is 0.493 e. The predicted molar refractivity (Wildman–Crippen MR) is 76.3 cm³/mol. The van der Waals surface area contributed by atoms with Crippen LogP contribution in [0.1, 0.15) is 23.7 Å². The average molecular weight is 314 g/mol. The van der Waals surface area contributed by atoms with E-state index < -0.39 is 11.6 Å². The highest BCUT2D eigenvalue weighted by Gasteiger charge is 2.55. The molecule has 1 fully saturated rings. The Hall–Kier alpha value is -2.90. The molecule has 1 N–H and O–H groups in total. The molecule has 2 aliphatic heterocycles. The molecule has 3 heterocycles. The maximum absolute atomic E-state index is 13.0. The highest BCUT2D eigenvalue weighted by atomic mass is 16.5. The summed E-state index contributed by atoms with van der Waals surface area (Å²) >= 11 is 0. The van der Waals surface area contributed by atoms with Gasteiger partial charge in [-0.3, -0.25) is 9.69 Å². The zero-order chi connectivity index (χ0) is 16.0. The minimum absolute atomic E-state index is 0.0454. The molecule has 4 rings (SSSR count). The van der Waals surface area contributed by atoms with Crippen LogP contribution in [0.3, 0.4) is 0 Å². The molecule has 23 heavy (non-hydrogen) atoms. The molecule has 1 spiro atoms. The molecule has 1 atom stereocenters. The second kappa shape index (κ2) is 4.80. The summed E-state index contributed by atoms with van der Waals surface area (Å²) in [6.45, 7) is 1.99. The molecular formula is C15H14N4O4. The van der Waals surface area contributed by atoms with E-state index >= 15 is 0 Å². The van der Waals surface area contributed by atoms with Crippen LogP contribution >= 0.6 is 0 Å². The highest BCUT2D eigenvalue weighted by Crippen LogP contribution is 2.41. The number of imide groups is 1. The van der Waals surface area contributed by atoms with Gasteiger partial charge in [0.1, 0.15) is 12.3 Å². The smallest absolute Gasteiger partial charge is 0.325 e. The molecule has 1 saturated heterocycles. The molecule has 1 aromatic carbocycles. The van der Waals surface area contributed by atoms with E-state index in [1.165, 1.54) is 0 Å².